The van der Waals surface area contributed by atoms with Crippen molar-refractivity contribution in [3.8, 4) is 11.5 Å². The van der Waals surface area contributed by atoms with Crippen LogP contribution in [0.25, 0.3) is 10.2 Å². The van der Waals surface area contributed by atoms with Crippen molar-refractivity contribution in [2.45, 2.75) is 6.54 Å². The molecule has 0 spiro atoms. The lowest BCUT2D eigenvalue weighted by Crippen LogP contribution is -2.31. The topological polar surface area (TPSA) is 64.5 Å². The predicted molar refractivity (Wildman–Crippen MR) is 119 cm³/mol. The molecule has 1 amide bonds. The first-order chi connectivity index (χ1) is 14.6. The average Bonchev–Trinajstić information content (AvgIpc) is 3.20. The molecule has 0 unspecified atom stereocenters. The van der Waals surface area contributed by atoms with E-state index in [1.807, 2.05) is 36.4 Å². The fourth-order valence-electron chi connectivity index (χ4n) is 3.01. The number of thiazole rings is 1. The molecule has 0 N–H and O–H groups in total. The lowest BCUT2D eigenvalue weighted by atomic mass is 10.1. The number of nitrogens with zero attached hydrogens (tertiary/aromatic N) is 3. The summed E-state index contributed by atoms with van der Waals surface area (Å²) >= 11 is 7.57. The van der Waals surface area contributed by atoms with Gasteiger partial charge in [0.05, 0.1) is 42.2 Å². The molecular formula is C22H18ClN3O3S. The highest BCUT2D eigenvalue weighted by Crippen LogP contribution is 2.34. The smallest absolute Gasteiger partial charge is 0.264 e. The van der Waals surface area contributed by atoms with E-state index in [1.165, 1.54) is 18.4 Å². The van der Waals surface area contributed by atoms with Crippen molar-refractivity contribution in [1.29, 1.82) is 0 Å². The lowest BCUT2D eigenvalue weighted by molar-refractivity contribution is 0.0982. The van der Waals surface area contributed by atoms with Gasteiger partial charge in [-0.2, -0.15) is 0 Å². The number of halogens is 1. The average molecular weight is 440 g/mol. The highest BCUT2D eigenvalue weighted by molar-refractivity contribution is 7.22. The number of hydrogen-bond acceptors (Lipinski definition) is 6. The summed E-state index contributed by atoms with van der Waals surface area (Å²) in [5.41, 5.74) is 1.88. The summed E-state index contributed by atoms with van der Waals surface area (Å²) in [4.78, 5) is 24.2. The monoisotopic (exact) mass is 439 g/mol. The Morgan fingerprint density at radius 1 is 1.10 bits per heavy atom. The van der Waals surface area contributed by atoms with Crippen LogP contribution in [0.4, 0.5) is 5.13 Å². The van der Waals surface area contributed by atoms with Crippen LogP contribution in [0.2, 0.25) is 5.02 Å². The molecule has 0 saturated heterocycles. The Bertz CT molecular complexity index is 1200. The number of benzene rings is 2. The molecular weight excluding hydrogens is 422 g/mol. The summed E-state index contributed by atoms with van der Waals surface area (Å²) in [5.74, 6) is 0.904. The predicted octanol–water partition coefficient (Wildman–Crippen LogP) is 5.21. The molecule has 4 rings (SSSR count). The van der Waals surface area contributed by atoms with Crippen molar-refractivity contribution in [2.75, 3.05) is 19.1 Å². The number of fused-ring (bicyclic) bond motifs is 1. The van der Waals surface area contributed by atoms with Gasteiger partial charge >= 0.3 is 0 Å². The van der Waals surface area contributed by atoms with E-state index in [2.05, 4.69) is 9.97 Å². The van der Waals surface area contributed by atoms with Gasteiger partial charge in [0.25, 0.3) is 5.91 Å². The van der Waals surface area contributed by atoms with Crippen LogP contribution in [0.1, 0.15) is 16.1 Å². The summed E-state index contributed by atoms with van der Waals surface area (Å²) in [7, 11) is 3.14. The number of carbonyl (C=O) groups excluding carboxylic acids is 1. The van der Waals surface area contributed by atoms with Crippen LogP contribution in [0.5, 0.6) is 11.5 Å². The maximum absolute atomic E-state index is 13.6. The van der Waals surface area contributed by atoms with Crippen LogP contribution in [0.15, 0.2) is 60.8 Å². The number of anilines is 1. The zero-order valence-corrected chi connectivity index (χ0v) is 17.9. The third-order valence-corrected chi connectivity index (χ3v) is 5.77. The summed E-state index contributed by atoms with van der Waals surface area (Å²) < 4.78 is 11.6. The Labute approximate surface area is 182 Å². The molecule has 0 bridgehead atoms. The standard InChI is InChI=1S/C22H18ClN3O3S/c1-28-16-7-8-18-20(12-16)30-22(25-18)26(13-15-5-3-4-10-24-15)21(27)17-11-14(23)6-9-19(17)29-2/h3-12H,13H2,1-2H3. The van der Waals surface area contributed by atoms with Crippen LogP contribution < -0.4 is 14.4 Å². The second-order valence-corrected chi connectivity index (χ2v) is 7.83. The van der Waals surface area contributed by atoms with Crippen molar-refractivity contribution in [1.82, 2.24) is 9.97 Å². The SMILES string of the molecule is COc1ccc2nc(N(Cc3ccccn3)C(=O)c3cc(Cl)ccc3OC)sc2c1. The molecule has 2 aromatic carbocycles. The van der Waals surface area contributed by atoms with Gasteiger partial charge in [-0.1, -0.05) is 29.0 Å². The molecule has 6 nitrogen and oxygen atoms in total. The number of amides is 1. The van der Waals surface area contributed by atoms with Gasteiger partial charge in [0.2, 0.25) is 0 Å². The number of hydrogen-bond donors (Lipinski definition) is 0. The van der Waals surface area contributed by atoms with Crippen LogP contribution in [0, 0.1) is 0 Å². The summed E-state index contributed by atoms with van der Waals surface area (Å²) in [6.07, 6.45) is 1.70. The Morgan fingerprint density at radius 3 is 2.70 bits per heavy atom. The van der Waals surface area contributed by atoms with Gasteiger partial charge in [0.1, 0.15) is 11.5 Å². The van der Waals surface area contributed by atoms with Gasteiger partial charge < -0.3 is 9.47 Å². The number of rotatable bonds is 6. The number of methoxy groups -OCH3 is 2. The van der Waals surface area contributed by atoms with Crippen molar-refractivity contribution in [2.24, 2.45) is 0 Å². The molecule has 8 heteroatoms. The number of aromatic nitrogens is 2. The molecule has 4 aromatic rings. The quantitative estimate of drug-likeness (QED) is 0.412. The highest BCUT2D eigenvalue weighted by atomic mass is 35.5. The zero-order chi connectivity index (χ0) is 21.1. The van der Waals surface area contributed by atoms with E-state index in [0.717, 1.165) is 21.7 Å². The fraction of sp³-hybridized carbons (Fsp3) is 0.136. The van der Waals surface area contributed by atoms with Crippen molar-refractivity contribution in [3.05, 3.63) is 77.1 Å². The van der Waals surface area contributed by atoms with E-state index >= 15 is 0 Å². The van der Waals surface area contributed by atoms with E-state index in [-0.39, 0.29) is 12.5 Å². The lowest BCUT2D eigenvalue weighted by Gasteiger charge is -2.21. The first-order valence-electron chi connectivity index (χ1n) is 9.09. The molecule has 0 fully saturated rings. The molecule has 2 heterocycles. The molecule has 0 saturated carbocycles. The summed E-state index contributed by atoms with van der Waals surface area (Å²) in [6, 6.07) is 16.2. The van der Waals surface area contributed by atoms with Gasteiger partial charge in [-0.3, -0.25) is 14.7 Å². The van der Waals surface area contributed by atoms with Crippen LogP contribution >= 0.6 is 22.9 Å². The molecule has 0 aliphatic rings. The number of pyridine rings is 1. The number of ether oxygens (including phenoxy) is 2. The van der Waals surface area contributed by atoms with E-state index in [1.54, 1.807) is 36.4 Å². The molecule has 152 valence electrons. The minimum absolute atomic E-state index is 0.256. The summed E-state index contributed by atoms with van der Waals surface area (Å²) in [6.45, 7) is 0.256. The van der Waals surface area contributed by atoms with Crippen molar-refractivity contribution < 1.29 is 14.3 Å². The van der Waals surface area contributed by atoms with Gasteiger partial charge in [0.15, 0.2) is 5.13 Å². The first-order valence-corrected chi connectivity index (χ1v) is 10.3. The van der Waals surface area contributed by atoms with Gasteiger partial charge in [-0.05, 0) is 48.5 Å². The van der Waals surface area contributed by atoms with Crippen LogP contribution in [0.3, 0.4) is 0 Å². The van der Waals surface area contributed by atoms with E-state index in [0.29, 0.717) is 21.5 Å². The highest BCUT2D eigenvalue weighted by Gasteiger charge is 2.25. The largest absolute Gasteiger partial charge is 0.497 e. The molecule has 2 aromatic heterocycles. The summed E-state index contributed by atoms with van der Waals surface area (Å²) in [5, 5.41) is 1.00. The zero-order valence-electron chi connectivity index (χ0n) is 16.3. The van der Waals surface area contributed by atoms with Gasteiger partial charge in [-0.25, -0.2) is 4.98 Å². The molecule has 0 aliphatic carbocycles. The number of carbonyl (C=O) groups is 1. The minimum atomic E-state index is -0.272. The Hall–Kier alpha value is -3.16. The van der Waals surface area contributed by atoms with Crippen molar-refractivity contribution in [3.63, 3.8) is 0 Å². The Morgan fingerprint density at radius 2 is 1.97 bits per heavy atom. The Kier molecular flexibility index (Phi) is 5.83. The van der Waals surface area contributed by atoms with Crippen LogP contribution in [-0.2, 0) is 6.54 Å². The third-order valence-electron chi connectivity index (χ3n) is 4.50. The maximum Gasteiger partial charge on any atom is 0.264 e. The maximum atomic E-state index is 13.6. The Balaban J connectivity index is 1.80. The molecule has 30 heavy (non-hydrogen) atoms. The minimum Gasteiger partial charge on any atom is -0.497 e. The second-order valence-electron chi connectivity index (χ2n) is 6.39. The molecule has 0 radical (unpaired) electrons. The van der Waals surface area contributed by atoms with E-state index < -0.39 is 0 Å². The second kappa shape index (κ2) is 8.69. The molecule has 0 atom stereocenters. The molecule has 0 aliphatic heterocycles. The van der Waals surface area contributed by atoms with Crippen LogP contribution in [-0.4, -0.2) is 30.1 Å². The normalized spacial score (nSPS) is 10.8. The third kappa shape index (κ3) is 4.08. The van der Waals surface area contributed by atoms with E-state index in [9.17, 15) is 4.79 Å². The fourth-order valence-corrected chi connectivity index (χ4v) is 4.17. The van der Waals surface area contributed by atoms with Gasteiger partial charge in [0, 0.05) is 11.2 Å². The van der Waals surface area contributed by atoms with E-state index in [4.69, 9.17) is 21.1 Å². The van der Waals surface area contributed by atoms with Crippen molar-refractivity contribution >= 4 is 44.2 Å². The van der Waals surface area contributed by atoms with Gasteiger partial charge in [-0.15, -0.1) is 0 Å². The first kappa shape index (κ1) is 20.1.